The minimum absolute atomic E-state index is 0. The molecule has 0 spiro atoms. The van der Waals surface area contributed by atoms with Gasteiger partial charge >= 0.3 is 0 Å². The summed E-state index contributed by atoms with van der Waals surface area (Å²) in [5, 5.41) is 5.83. The van der Waals surface area contributed by atoms with Gasteiger partial charge in [0.2, 0.25) is 0 Å². The van der Waals surface area contributed by atoms with Gasteiger partial charge in [-0.25, -0.2) is 0 Å². The molecule has 0 radical (unpaired) electrons. The SMILES string of the molecule is CN=C(NCC1CCCN(C)C1c1cccs1)N1CCN(C(=O)C2CCCO2)CC1.I. The Kier molecular flexibility index (Phi) is 9.42. The molecule has 174 valence electrons. The number of thiophene rings is 1. The summed E-state index contributed by atoms with van der Waals surface area (Å²) in [6.45, 7) is 5.92. The lowest BCUT2D eigenvalue weighted by molar-refractivity contribution is -0.142. The second-order valence-corrected chi connectivity index (χ2v) is 9.56. The van der Waals surface area contributed by atoms with E-state index in [0.717, 1.165) is 64.7 Å². The molecular formula is C22H36IN5O2S. The fourth-order valence-electron chi connectivity index (χ4n) is 5.05. The Morgan fingerprint density at radius 2 is 1.97 bits per heavy atom. The van der Waals surface area contributed by atoms with Gasteiger partial charge in [-0.1, -0.05) is 6.07 Å². The van der Waals surface area contributed by atoms with Crippen molar-refractivity contribution in [3.05, 3.63) is 22.4 Å². The highest BCUT2D eigenvalue weighted by Gasteiger charge is 2.33. The first-order chi connectivity index (χ1) is 14.7. The predicted molar refractivity (Wildman–Crippen MR) is 136 cm³/mol. The molecule has 3 fully saturated rings. The van der Waals surface area contributed by atoms with E-state index in [1.54, 1.807) is 0 Å². The first-order valence-electron chi connectivity index (χ1n) is 11.3. The lowest BCUT2D eigenvalue weighted by atomic mass is 9.88. The molecule has 0 bridgehead atoms. The van der Waals surface area contributed by atoms with E-state index in [4.69, 9.17) is 4.74 Å². The number of aliphatic imine (C=N–C) groups is 1. The number of hydrogen-bond donors (Lipinski definition) is 1. The fourth-order valence-corrected chi connectivity index (χ4v) is 6.04. The van der Waals surface area contributed by atoms with Crippen molar-refractivity contribution in [2.45, 2.75) is 37.8 Å². The van der Waals surface area contributed by atoms with Gasteiger partial charge in [0, 0.05) is 57.3 Å². The van der Waals surface area contributed by atoms with Crippen molar-refractivity contribution in [3.63, 3.8) is 0 Å². The number of nitrogens with one attached hydrogen (secondary N) is 1. The van der Waals surface area contributed by atoms with Crippen LogP contribution >= 0.6 is 35.3 Å². The zero-order valence-electron chi connectivity index (χ0n) is 18.7. The molecule has 4 rings (SSSR count). The van der Waals surface area contributed by atoms with Crippen LogP contribution in [0.1, 0.15) is 36.6 Å². The van der Waals surface area contributed by atoms with E-state index in [2.05, 4.69) is 44.7 Å². The van der Waals surface area contributed by atoms with Crippen LogP contribution in [0.15, 0.2) is 22.5 Å². The normalized spacial score (nSPS) is 27.8. The van der Waals surface area contributed by atoms with Crippen molar-refractivity contribution in [1.29, 1.82) is 0 Å². The molecular weight excluding hydrogens is 525 g/mol. The monoisotopic (exact) mass is 561 g/mol. The predicted octanol–water partition coefficient (Wildman–Crippen LogP) is 2.65. The number of nitrogens with zero attached hydrogens (tertiary/aromatic N) is 4. The van der Waals surface area contributed by atoms with Crippen LogP contribution in [0.25, 0.3) is 0 Å². The lowest BCUT2D eigenvalue weighted by Gasteiger charge is -2.40. The molecule has 3 unspecified atom stereocenters. The highest BCUT2D eigenvalue weighted by atomic mass is 127. The van der Waals surface area contributed by atoms with E-state index in [1.807, 2.05) is 23.3 Å². The van der Waals surface area contributed by atoms with Gasteiger partial charge in [0.05, 0.1) is 0 Å². The van der Waals surface area contributed by atoms with Crippen LogP contribution in [0.2, 0.25) is 0 Å². The second-order valence-electron chi connectivity index (χ2n) is 8.59. The topological polar surface area (TPSA) is 60.4 Å². The van der Waals surface area contributed by atoms with Gasteiger partial charge in [-0.2, -0.15) is 0 Å². The fraction of sp³-hybridized carbons (Fsp3) is 0.727. The summed E-state index contributed by atoms with van der Waals surface area (Å²) in [5.74, 6) is 1.69. The molecule has 1 amide bonds. The molecule has 0 aliphatic carbocycles. The Balaban J connectivity index is 0.00000272. The Morgan fingerprint density at radius 1 is 1.19 bits per heavy atom. The summed E-state index contributed by atoms with van der Waals surface area (Å²) in [6.07, 6.45) is 4.12. The molecule has 3 atom stereocenters. The lowest BCUT2D eigenvalue weighted by Crippen LogP contribution is -2.56. The van der Waals surface area contributed by atoms with Crippen LogP contribution in [0.3, 0.4) is 0 Å². The number of piperazine rings is 1. The number of carbonyl (C=O) groups is 1. The third-order valence-corrected chi connectivity index (χ3v) is 7.61. The van der Waals surface area contributed by atoms with Crippen molar-refractivity contribution in [3.8, 4) is 0 Å². The Morgan fingerprint density at radius 3 is 2.61 bits per heavy atom. The second kappa shape index (κ2) is 11.8. The maximum absolute atomic E-state index is 12.6. The quantitative estimate of drug-likeness (QED) is 0.348. The van der Waals surface area contributed by atoms with E-state index in [1.165, 1.54) is 17.7 Å². The van der Waals surface area contributed by atoms with Crippen molar-refractivity contribution in [1.82, 2.24) is 20.0 Å². The summed E-state index contributed by atoms with van der Waals surface area (Å²) in [6, 6.07) is 4.90. The largest absolute Gasteiger partial charge is 0.368 e. The van der Waals surface area contributed by atoms with E-state index < -0.39 is 0 Å². The third kappa shape index (κ3) is 5.91. The van der Waals surface area contributed by atoms with Gasteiger partial charge in [-0.05, 0) is 56.6 Å². The standard InChI is InChI=1S/C22H35N5O2S.HI/c1-23-22(27-12-10-26(11-13-27)21(28)18-7-4-14-29-18)24-16-17-6-3-9-25(2)20(17)19-8-5-15-30-19;/h5,8,15,17-18,20H,3-4,6-7,9-14,16H2,1-2H3,(H,23,24);1H. The third-order valence-electron chi connectivity index (χ3n) is 6.67. The van der Waals surface area contributed by atoms with Gasteiger partial charge in [0.25, 0.3) is 5.91 Å². The van der Waals surface area contributed by atoms with Crippen molar-refractivity contribution in [2.75, 3.05) is 60.0 Å². The zero-order chi connectivity index (χ0) is 20.9. The Hall–Kier alpha value is -0.910. The number of halogens is 1. The molecule has 0 saturated carbocycles. The molecule has 1 aromatic rings. The van der Waals surface area contributed by atoms with Crippen LogP contribution in [0.5, 0.6) is 0 Å². The first-order valence-corrected chi connectivity index (χ1v) is 12.1. The highest BCUT2D eigenvalue weighted by molar-refractivity contribution is 14.0. The number of ether oxygens (including phenoxy) is 1. The average molecular weight is 562 g/mol. The van der Waals surface area contributed by atoms with Gasteiger partial charge in [0.1, 0.15) is 6.10 Å². The molecule has 4 heterocycles. The van der Waals surface area contributed by atoms with Crippen LogP contribution < -0.4 is 5.32 Å². The summed E-state index contributed by atoms with van der Waals surface area (Å²) < 4.78 is 5.57. The van der Waals surface area contributed by atoms with Crippen LogP contribution in [-0.4, -0.2) is 92.6 Å². The number of carbonyl (C=O) groups excluding carboxylic acids is 1. The van der Waals surface area contributed by atoms with Gasteiger partial charge in [-0.15, -0.1) is 35.3 Å². The molecule has 1 N–H and O–H groups in total. The van der Waals surface area contributed by atoms with E-state index in [0.29, 0.717) is 12.0 Å². The molecule has 0 aromatic carbocycles. The zero-order valence-corrected chi connectivity index (χ0v) is 21.8. The van der Waals surface area contributed by atoms with E-state index in [-0.39, 0.29) is 36.0 Å². The van der Waals surface area contributed by atoms with Gasteiger partial charge in [0.15, 0.2) is 5.96 Å². The molecule has 3 saturated heterocycles. The first kappa shape index (κ1) is 24.7. The maximum Gasteiger partial charge on any atom is 0.251 e. The minimum Gasteiger partial charge on any atom is -0.368 e. The summed E-state index contributed by atoms with van der Waals surface area (Å²) in [4.78, 5) is 25.3. The molecule has 31 heavy (non-hydrogen) atoms. The molecule has 3 aliphatic heterocycles. The molecule has 9 heteroatoms. The Labute approximate surface area is 207 Å². The summed E-state index contributed by atoms with van der Waals surface area (Å²) in [5.41, 5.74) is 0. The van der Waals surface area contributed by atoms with Gasteiger partial charge in [-0.3, -0.25) is 14.7 Å². The maximum atomic E-state index is 12.6. The van der Waals surface area contributed by atoms with Crippen molar-refractivity contribution >= 4 is 47.2 Å². The highest BCUT2D eigenvalue weighted by Crippen LogP contribution is 2.36. The number of likely N-dealkylation sites (tertiary alicyclic amines) is 1. The minimum atomic E-state index is -0.216. The van der Waals surface area contributed by atoms with E-state index >= 15 is 0 Å². The van der Waals surface area contributed by atoms with Crippen molar-refractivity contribution < 1.29 is 9.53 Å². The van der Waals surface area contributed by atoms with Crippen LogP contribution in [0, 0.1) is 5.92 Å². The molecule has 7 nitrogen and oxygen atoms in total. The number of hydrogen-bond acceptors (Lipinski definition) is 5. The Bertz CT molecular complexity index is 717. The van der Waals surface area contributed by atoms with Crippen LogP contribution in [0.4, 0.5) is 0 Å². The molecule has 1 aromatic heterocycles. The van der Waals surface area contributed by atoms with Gasteiger partial charge < -0.3 is 19.9 Å². The number of amides is 1. The number of guanidine groups is 1. The summed E-state index contributed by atoms with van der Waals surface area (Å²) in [7, 11) is 4.10. The van der Waals surface area contributed by atoms with Crippen LogP contribution in [-0.2, 0) is 9.53 Å². The summed E-state index contributed by atoms with van der Waals surface area (Å²) >= 11 is 1.86. The molecule has 3 aliphatic rings. The van der Waals surface area contributed by atoms with E-state index in [9.17, 15) is 4.79 Å². The smallest absolute Gasteiger partial charge is 0.251 e. The number of rotatable bonds is 4. The average Bonchev–Trinajstić information content (AvgIpc) is 3.49. The van der Waals surface area contributed by atoms with Crippen molar-refractivity contribution in [2.24, 2.45) is 10.9 Å². The number of piperidine rings is 1.